The fraction of sp³-hybridized carbons (Fsp3) is 0.231. The van der Waals surface area contributed by atoms with Crippen LogP contribution >= 0.6 is 11.6 Å². The summed E-state index contributed by atoms with van der Waals surface area (Å²) in [5, 5.41) is 3.45. The Labute approximate surface area is 236 Å². The summed E-state index contributed by atoms with van der Waals surface area (Å²) in [7, 11) is 1.32. The van der Waals surface area contributed by atoms with Crippen molar-refractivity contribution in [3.8, 4) is 17.2 Å². The zero-order chi connectivity index (χ0) is 28.3. The van der Waals surface area contributed by atoms with Gasteiger partial charge in [0, 0.05) is 0 Å². The number of nitrogens with two attached hydrogens (primary N) is 1. The molecular formula is C26H22ClF3IN4O4-. The van der Waals surface area contributed by atoms with E-state index in [0.29, 0.717) is 9.45 Å². The molecule has 1 amide bonds. The summed E-state index contributed by atoms with van der Waals surface area (Å²) in [6.45, 7) is 1.41. The van der Waals surface area contributed by atoms with Crippen molar-refractivity contribution in [3.05, 3.63) is 76.3 Å². The fourth-order valence-electron chi connectivity index (χ4n) is 3.63. The summed E-state index contributed by atoms with van der Waals surface area (Å²) >= 11 is 5.00. The molecule has 0 unspecified atom stereocenters. The number of ether oxygens (including phenoxy) is 1. The number of carbonyl (C=O) groups is 2. The summed E-state index contributed by atoms with van der Waals surface area (Å²) in [5.74, 6) is -0.508. The van der Waals surface area contributed by atoms with Crippen LogP contribution in [0.25, 0.3) is 22.4 Å². The van der Waals surface area contributed by atoms with E-state index in [1.54, 1.807) is 25.1 Å². The molecule has 13 heteroatoms. The molecule has 2 aromatic heterocycles. The maximum absolute atomic E-state index is 13.3. The first-order valence-electron chi connectivity index (χ1n) is 11.4. The van der Waals surface area contributed by atoms with E-state index >= 15 is 0 Å². The molecule has 4 rings (SSSR count). The number of aromatic nitrogens is 2. The number of benzene rings is 2. The van der Waals surface area contributed by atoms with Gasteiger partial charge in [-0.25, -0.2) is 0 Å². The number of nitrogens with one attached hydrogen (secondary N) is 1. The van der Waals surface area contributed by atoms with Crippen LogP contribution in [0.5, 0.6) is 5.75 Å². The molecular weight excluding hydrogens is 652 g/mol. The molecule has 0 aliphatic carbocycles. The van der Waals surface area contributed by atoms with Gasteiger partial charge in [0.2, 0.25) is 0 Å². The summed E-state index contributed by atoms with van der Waals surface area (Å²) in [4.78, 5) is 33.4. The average molecular weight is 674 g/mol. The Morgan fingerprint density at radius 3 is 2.49 bits per heavy atom. The Bertz CT molecular complexity index is 1520. The monoisotopic (exact) mass is 673 g/mol. The molecule has 0 aliphatic heterocycles. The second-order valence-electron chi connectivity index (χ2n) is 8.36. The van der Waals surface area contributed by atoms with Crippen LogP contribution in [0, 0.1) is 0 Å². The van der Waals surface area contributed by atoms with Gasteiger partial charge in [0.15, 0.2) is 0 Å². The van der Waals surface area contributed by atoms with Crippen molar-refractivity contribution in [2.24, 2.45) is 5.73 Å². The topological polar surface area (TPSA) is 120 Å². The van der Waals surface area contributed by atoms with Crippen molar-refractivity contribution < 1.29 is 53.1 Å². The molecule has 0 bridgehead atoms. The van der Waals surface area contributed by atoms with E-state index in [0.717, 1.165) is 11.6 Å². The van der Waals surface area contributed by atoms with Crippen molar-refractivity contribution in [3.63, 3.8) is 0 Å². The number of fused-ring (bicyclic) bond motifs is 1. The second kappa shape index (κ2) is 11.9. The molecule has 206 valence electrons. The summed E-state index contributed by atoms with van der Waals surface area (Å²) in [6, 6.07) is 11.5. The number of pyridine rings is 1. The first kappa shape index (κ1) is 28.8. The molecule has 0 saturated heterocycles. The Kier molecular flexibility index (Phi) is 8.76. The van der Waals surface area contributed by atoms with Gasteiger partial charge < -0.3 is 0 Å². The zero-order valence-corrected chi connectivity index (χ0v) is 23.5. The van der Waals surface area contributed by atoms with Crippen LogP contribution in [-0.4, -0.2) is 33.3 Å². The third kappa shape index (κ3) is 6.68. The van der Waals surface area contributed by atoms with Gasteiger partial charge in [-0.05, 0) is 0 Å². The summed E-state index contributed by atoms with van der Waals surface area (Å²) in [6.07, 6.45) is -4.65. The number of hydrogen-bond donors (Lipinski definition) is 2. The number of amides is 1. The molecule has 1 atom stereocenters. The SMILES string of the molecule is COc1ccc(-c2nc(C(=O)NCC(=O)[I-]Cc3ccc(Cl)cc3)c([C@H](C)N)o2)c2ccc(C(F)(F)F)nc12. The van der Waals surface area contributed by atoms with Crippen LogP contribution in [0.15, 0.2) is 52.9 Å². The van der Waals surface area contributed by atoms with Gasteiger partial charge in [-0.15, -0.1) is 0 Å². The van der Waals surface area contributed by atoms with Crippen LogP contribution in [0.4, 0.5) is 13.2 Å². The van der Waals surface area contributed by atoms with E-state index in [9.17, 15) is 22.8 Å². The average Bonchev–Trinajstić information content (AvgIpc) is 3.36. The number of carbonyl (C=O) groups excluding carboxylic acids is 2. The molecule has 0 radical (unpaired) electrons. The summed E-state index contributed by atoms with van der Waals surface area (Å²) < 4.78 is 51.3. The number of hydrogen-bond acceptors (Lipinski definition) is 7. The van der Waals surface area contributed by atoms with E-state index in [1.807, 2.05) is 12.1 Å². The van der Waals surface area contributed by atoms with Gasteiger partial charge in [0.05, 0.1) is 7.11 Å². The van der Waals surface area contributed by atoms with E-state index in [2.05, 4.69) is 15.3 Å². The number of halogens is 5. The minimum atomic E-state index is -4.65. The Morgan fingerprint density at radius 1 is 1.13 bits per heavy atom. The van der Waals surface area contributed by atoms with Gasteiger partial charge in [-0.3, -0.25) is 0 Å². The molecule has 0 aliphatic rings. The predicted octanol–water partition coefficient (Wildman–Crippen LogP) is 2.14. The van der Waals surface area contributed by atoms with Crippen LogP contribution < -0.4 is 37.0 Å². The third-order valence-electron chi connectivity index (χ3n) is 5.51. The number of alkyl halides is 4. The van der Waals surface area contributed by atoms with Crippen LogP contribution in [0.1, 0.15) is 40.5 Å². The van der Waals surface area contributed by atoms with Crippen molar-refractivity contribution in [2.75, 3.05) is 13.7 Å². The molecule has 0 saturated carbocycles. The minimum absolute atomic E-state index is 0.0387. The Balaban J connectivity index is 1.57. The zero-order valence-electron chi connectivity index (χ0n) is 20.6. The quantitative estimate of drug-likeness (QED) is 0.159. The van der Waals surface area contributed by atoms with Crippen molar-refractivity contribution in [2.45, 2.75) is 23.6 Å². The van der Waals surface area contributed by atoms with Gasteiger partial charge in [0.1, 0.15) is 0 Å². The number of rotatable bonds is 9. The first-order chi connectivity index (χ1) is 18.5. The molecule has 2 heterocycles. The fourth-order valence-corrected chi connectivity index (χ4v) is 5.59. The Hall–Kier alpha value is -3.23. The third-order valence-corrected chi connectivity index (χ3v) is 8.26. The van der Waals surface area contributed by atoms with E-state index in [4.69, 9.17) is 26.5 Å². The molecule has 0 fully saturated rings. The molecule has 2 aromatic carbocycles. The summed E-state index contributed by atoms with van der Waals surface area (Å²) in [5.41, 5.74) is 6.03. The maximum atomic E-state index is 13.3. The number of methoxy groups -OCH3 is 1. The van der Waals surface area contributed by atoms with Gasteiger partial charge in [0.25, 0.3) is 0 Å². The van der Waals surface area contributed by atoms with E-state index in [1.165, 1.54) is 19.2 Å². The van der Waals surface area contributed by atoms with Crippen LogP contribution in [0.2, 0.25) is 5.02 Å². The van der Waals surface area contributed by atoms with Crippen LogP contribution in [0.3, 0.4) is 0 Å². The van der Waals surface area contributed by atoms with Gasteiger partial charge in [-0.2, -0.15) is 13.2 Å². The number of nitrogens with zero attached hydrogens (tertiary/aromatic N) is 2. The van der Waals surface area contributed by atoms with Gasteiger partial charge in [-0.1, -0.05) is 0 Å². The second-order valence-corrected chi connectivity index (χ2v) is 11.5. The molecule has 39 heavy (non-hydrogen) atoms. The van der Waals surface area contributed by atoms with Gasteiger partial charge >= 0.3 is 217 Å². The number of oxazole rings is 1. The van der Waals surface area contributed by atoms with Crippen molar-refractivity contribution >= 4 is 32.2 Å². The van der Waals surface area contributed by atoms with Crippen molar-refractivity contribution in [1.82, 2.24) is 15.3 Å². The van der Waals surface area contributed by atoms with Crippen molar-refractivity contribution in [1.29, 1.82) is 0 Å². The predicted molar refractivity (Wildman–Crippen MR) is 134 cm³/mol. The Morgan fingerprint density at radius 2 is 1.85 bits per heavy atom. The molecule has 0 spiro atoms. The standard InChI is InChI=1S/C26H22ClF3IN4O4/c1-13(32)23-22(24(37)33-12-20(36)31-11-14-3-5-15(27)6-4-14)35-25(39-23)17-7-9-18(38-2)21-16(17)8-10-19(34-21)26(28,29)30/h3-10,13H,11-12,32H2,1-2H3,(H,33,37)/q-1/t13-/m0/s1. The van der Waals surface area contributed by atoms with E-state index < -0.39 is 45.0 Å². The molecule has 4 aromatic rings. The van der Waals surface area contributed by atoms with E-state index in [-0.39, 0.29) is 49.9 Å². The molecule has 8 nitrogen and oxygen atoms in total. The first-order valence-corrected chi connectivity index (χ1v) is 14.4. The normalized spacial score (nSPS) is 12.5. The molecule has 3 N–H and O–H groups in total. The van der Waals surface area contributed by atoms with Crippen LogP contribution in [-0.2, 0) is 15.4 Å².